The molecule has 0 spiro atoms. The topological polar surface area (TPSA) is 76.1 Å². The molecular formula is C17H20N4O2. The lowest BCUT2D eigenvalue weighted by atomic mass is 9.95. The molecule has 0 radical (unpaired) electrons. The van der Waals surface area contributed by atoms with E-state index in [1.165, 1.54) is 0 Å². The number of nitrogens with zero attached hydrogens (tertiary/aromatic N) is 2. The SMILES string of the molecule is O=C1Cc2cnc(NCC3CCCO3)nc2C2=CC=CCC2N1. The van der Waals surface area contributed by atoms with Crippen LogP contribution in [0.15, 0.2) is 24.4 Å². The fourth-order valence-corrected chi connectivity index (χ4v) is 3.31. The number of allylic oxidation sites excluding steroid dienone is 2. The fourth-order valence-electron chi connectivity index (χ4n) is 3.31. The number of anilines is 1. The highest BCUT2D eigenvalue weighted by atomic mass is 16.5. The number of aromatic nitrogens is 2. The van der Waals surface area contributed by atoms with E-state index in [-0.39, 0.29) is 18.1 Å². The number of amides is 1. The third-order valence-electron chi connectivity index (χ3n) is 4.50. The molecule has 0 saturated carbocycles. The van der Waals surface area contributed by atoms with Gasteiger partial charge in [-0.1, -0.05) is 18.2 Å². The van der Waals surface area contributed by atoms with Crippen molar-refractivity contribution in [2.45, 2.75) is 37.8 Å². The van der Waals surface area contributed by atoms with Crippen molar-refractivity contribution in [2.75, 3.05) is 18.5 Å². The van der Waals surface area contributed by atoms with E-state index in [4.69, 9.17) is 4.74 Å². The predicted octanol–water partition coefficient (Wildman–Crippen LogP) is 1.45. The standard InChI is InChI=1S/C17H20N4O2/c22-15-8-11-9-18-17(19-10-12-4-3-7-23-12)21-16(11)13-5-1-2-6-14(13)20-15/h1-2,5,9,12,14H,3-4,6-8,10H2,(H,20,22)(H,18,19,21). The van der Waals surface area contributed by atoms with Crippen LogP contribution in [0, 0.1) is 0 Å². The average molecular weight is 312 g/mol. The quantitative estimate of drug-likeness (QED) is 0.883. The smallest absolute Gasteiger partial charge is 0.225 e. The van der Waals surface area contributed by atoms with Gasteiger partial charge in [-0.15, -0.1) is 0 Å². The number of ether oxygens (including phenoxy) is 1. The van der Waals surface area contributed by atoms with Crippen molar-refractivity contribution in [1.82, 2.24) is 15.3 Å². The average Bonchev–Trinajstić information content (AvgIpc) is 3.03. The molecule has 2 aliphatic heterocycles. The van der Waals surface area contributed by atoms with E-state index in [9.17, 15) is 4.79 Å². The number of nitrogens with one attached hydrogen (secondary N) is 2. The van der Waals surface area contributed by atoms with Crippen LogP contribution in [-0.2, 0) is 16.0 Å². The molecule has 0 aromatic carbocycles. The highest BCUT2D eigenvalue weighted by Gasteiger charge is 2.27. The maximum Gasteiger partial charge on any atom is 0.225 e. The summed E-state index contributed by atoms with van der Waals surface area (Å²) in [5.41, 5.74) is 2.83. The van der Waals surface area contributed by atoms with Crippen molar-refractivity contribution < 1.29 is 9.53 Å². The molecule has 6 heteroatoms. The molecule has 1 aromatic rings. The number of rotatable bonds is 3. The first-order valence-corrected chi connectivity index (χ1v) is 8.17. The molecule has 1 fully saturated rings. The summed E-state index contributed by atoms with van der Waals surface area (Å²) >= 11 is 0. The van der Waals surface area contributed by atoms with Gasteiger partial charge >= 0.3 is 0 Å². The third-order valence-corrected chi connectivity index (χ3v) is 4.50. The van der Waals surface area contributed by atoms with Crippen LogP contribution in [0.25, 0.3) is 5.57 Å². The van der Waals surface area contributed by atoms with Crippen LogP contribution in [-0.4, -0.2) is 41.2 Å². The van der Waals surface area contributed by atoms with Gasteiger partial charge in [-0.05, 0) is 19.3 Å². The van der Waals surface area contributed by atoms with Gasteiger partial charge in [-0.25, -0.2) is 9.97 Å². The lowest BCUT2D eigenvalue weighted by Crippen LogP contribution is -2.34. The highest BCUT2D eigenvalue weighted by molar-refractivity contribution is 5.87. The molecule has 120 valence electrons. The normalized spacial score (nSPS) is 25.9. The number of hydrogen-bond donors (Lipinski definition) is 2. The maximum atomic E-state index is 12.0. The molecule has 2 N–H and O–H groups in total. The van der Waals surface area contributed by atoms with E-state index in [0.29, 0.717) is 12.4 Å². The van der Waals surface area contributed by atoms with Crippen molar-refractivity contribution in [3.8, 4) is 0 Å². The minimum Gasteiger partial charge on any atom is -0.376 e. The second-order valence-corrected chi connectivity index (χ2v) is 6.17. The Hall–Kier alpha value is -2.21. The molecule has 23 heavy (non-hydrogen) atoms. The molecule has 2 atom stereocenters. The van der Waals surface area contributed by atoms with Crippen LogP contribution < -0.4 is 10.6 Å². The first-order chi connectivity index (χ1) is 11.3. The van der Waals surface area contributed by atoms with Crippen molar-refractivity contribution in [3.05, 3.63) is 35.7 Å². The Bertz CT molecular complexity index is 677. The highest BCUT2D eigenvalue weighted by Crippen LogP contribution is 2.28. The van der Waals surface area contributed by atoms with Gasteiger partial charge in [0.1, 0.15) is 0 Å². The van der Waals surface area contributed by atoms with Gasteiger partial charge in [-0.2, -0.15) is 0 Å². The zero-order chi connectivity index (χ0) is 15.6. The van der Waals surface area contributed by atoms with Gasteiger partial charge in [0.05, 0.1) is 24.3 Å². The number of carbonyl (C=O) groups is 1. The molecular weight excluding hydrogens is 292 g/mol. The summed E-state index contributed by atoms with van der Waals surface area (Å²) in [7, 11) is 0. The Balaban J connectivity index is 1.60. The maximum absolute atomic E-state index is 12.0. The van der Waals surface area contributed by atoms with E-state index in [1.807, 2.05) is 12.2 Å². The summed E-state index contributed by atoms with van der Waals surface area (Å²) in [4.78, 5) is 21.1. The summed E-state index contributed by atoms with van der Waals surface area (Å²) in [5.74, 6) is 0.626. The van der Waals surface area contributed by atoms with Crippen LogP contribution in [0.1, 0.15) is 30.5 Å². The van der Waals surface area contributed by atoms with Gasteiger partial charge in [0.2, 0.25) is 11.9 Å². The van der Waals surface area contributed by atoms with Gasteiger partial charge in [0, 0.05) is 30.5 Å². The Morgan fingerprint density at radius 3 is 3.26 bits per heavy atom. The Kier molecular flexibility index (Phi) is 3.83. The Morgan fingerprint density at radius 1 is 1.43 bits per heavy atom. The van der Waals surface area contributed by atoms with Crippen molar-refractivity contribution >= 4 is 17.4 Å². The molecule has 1 amide bonds. The Morgan fingerprint density at radius 2 is 2.39 bits per heavy atom. The molecule has 1 aliphatic carbocycles. The first-order valence-electron chi connectivity index (χ1n) is 8.17. The van der Waals surface area contributed by atoms with Gasteiger partial charge in [-0.3, -0.25) is 4.79 Å². The molecule has 6 nitrogen and oxygen atoms in total. The van der Waals surface area contributed by atoms with Gasteiger partial charge in [0.15, 0.2) is 0 Å². The number of hydrogen-bond acceptors (Lipinski definition) is 5. The minimum absolute atomic E-state index is 0.00895. The molecule has 1 aromatic heterocycles. The van der Waals surface area contributed by atoms with Crippen LogP contribution in [0.3, 0.4) is 0 Å². The molecule has 4 rings (SSSR count). The van der Waals surface area contributed by atoms with E-state index in [0.717, 1.165) is 49.2 Å². The molecule has 0 bridgehead atoms. The van der Waals surface area contributed by atoms with Crippen LogP contribution >= 0.6 is 0 Å². The number of fused-ring (bicyclic) bond motifs is 3. The van der Waals surface area contributed by atoms with Crippen LogP contribution in [0.4, 0.5) is 5.95 Å². The minimum atomic E-state index is 0.00895. The third kappa shape index (κ3) is 2.99. The summed E-state index contributed by atoms with van der Waals surface area (Å²) in [5, 5.41) is 6.32. The second kappa shape index (κ2) is 6.12. The lowest BCUT2D eigenvalue weighted by molar-refractivity contribution is -0.120. The summed E-state index contributed by atoms with van der Waals surface area (Å²) in [6.45, 7) is 1.56. The van der Waals surface area contributed by atoms with E-state index in [2.05, 4.69) is 26.7 Å². The van der Waals surface area contributed by atoms with E-state index >= 15 is 0 Å². The van der Waals surface area contributed by atoms with E-state index in [1.54, 1.807) is 6.20 Å². The first kappa shape index (κ1) is 14.4. The fraction of sp³-hybridized carbons (Fsp3) is 0.471. The van der Waals surface area contributed by atoms with Crippen molar-refractivity contribution in [2.24, 2.45) is 0 Å². The molecule has 2 unspecified atom stereocenters. The van der Waals surface area contributed by atoms with Gasteiger partial charge in [0.25, 0.3) is 0 Å². The molecule has 1 saturated heterocycles. The molecule has 3 heterocycles. The number of carbonyl (C=O) groups excluding carboxylic acids is 1. The zero-order valence-corrected chi connectivity index (χ0v) is 12.9. The molecule has 3 aliphatic rings. The van der Waals surface area contributed by atoms with Crippen LogP contribution in [0.2, 0.25) is 0 Å². The van der Waals surface area contributed by atoms with Crippen molar-refractivity contribution in [1.29, 1.82) is 0 Å². The van der Waals surface area contributed by atoms with Crippen molar-refractivity contribution in [3.63, 3.8) is 0 Å². The predicted molar refractivity (Wildman–Crippen MR) is 86.9 cm³/mol. The lowest BCUT2D eigenvalue weighted by Gasteiger charge is -2.20. The van der Waals surface area contributed by atoms with Crippen LogP contribution in [0.5, 0.6) is 0 Å². The largest absolute Gasteiger partial charge is 0.376 e. The summed E-state index contributed by atoms with van der Waals surface area (Å²) in [6.07, 6.45) is 11.5. The zero-order valence-electron chi connectivity index (χ0n) is 12.9. The Labute approximate surface area is 135 Å². The monoisotopic (exact) mass is 312 g/mol. The summed E-state index contributed by atoms with van der Waals surface area (Å²) in [6, 6.07) is 0.00895. The second-order valence-electron chi connectivity index (χ2n) is 6.17. The summed E-state index contributed by atoms with van der Waals surface area (Å²) < 4.78 is 5.61. The van der Waals surface area contributed by atoms with Gasteiger partial charge < -0.3 is 15.4 Å². The van der Waals surface area contributed by atoms with E-state index < -0.39 is 0 Å².